The van der Waals surface area contributed by atoms with E-state index in [1.807, 2.05) is 0 Å². The first kappa shape index (κ1) is 14.2. The van der Waals surface area contributed by atoms with Crippen LogP contribution in [0.5, 0.6) is 0 Å². The maximum absolute atomic E-state index is 12.4. The van der Waals surface area contributed by atoms with Crippen molar-refractivity contribution in [2.24, 2.45) is 0 Å². The second-order valence-corrected chi connectivity index (χ2v) is 7.06. The molecule has 0 saturated carbocycles. The molecule has 0 amide bonds. The first-order chi connectivity index (χ1) is 8.91. The molecule has 0 aliphatic carbocycles. The minimum Gasteiger partial charge on any atom is -0.469 e. The Labute approximate surface area is 120 Å². The molecule has 0 saturated heterocycles. The van der Waals surface area contributed by atoms with Crippen molar-refractivity contribution in [2.75, 3.05) is 7.05 Å². The lowest BCUT2D eigenvalue weighted by Gasteiger charge is -2.16. The Morgan fingerprint density at radius 1 is 1.42 bits per heavy atom. The largest absolute Gasteiger partial charge is 0.469 e. The van der Waals surface area contributed by atoms with Gasteiger partial charge in [-0.15, -0.1) is 0 Å². The molecular weight excluding hydrogens is 332 g/mol. The van der Waals surface area contributed by atoms with Gasteiger partial charge in [0, 0.05) is 36.0 Å². The summed E-state index contributed by atoms with van der Waals surface area (Å²) in [5.41, 5.74) is 0.842. The van der Waals surface area contributed by atoms with Gasteiger partial charge in [0.2, 0.25) is 10.0 Å². The number of aromatic nitrogens is 1. The summed E-state index contributed by atoms with van der Waals surface area (Å²) in [5.74, 6) is 0.717. The average Bonchev–Trinajstić information content (AvgIpc) is 2.75. The van der Waals surface area contributed by atoms with E-state index in [-0.39, 0.29) is 11.4 Å². The van der Waals surface area contributed by atoms with Crippen LogP contribution in [0, 0.1) is 6.92 Å². The van der Waals surface area contributed by atoms with Crippen LogP contribution in [-0.4, -0.2) is 24.8 Å². The van der Waals surface area contributed by atoms with Crippen LogP contribution in [0.4, 0.5) is 0 Å². The van der Waals surface area contributed by atoms with Gasteiger partial charge in [-0.1, -0.05) is 0 Å². The second-order valence-electron chi connectivity index (χ2n) is 4.10. The molecule has 5 nitrogen and oxygen atoms in total. The van der Waals surface area contributed by atoms with Crippen molar-refractivity contribution >= 4 is 26.0 Å². The van der Waals surface area contributed by atoms with Crippen molar-refractivity contribution < 1.29 is 12.8 Å². The van der Waals surface area contributed by atoms with Gasteiger partial charge < -0.3 is 4.42 Å². The number of aryl methyl sites for hydroxylation is 1. The van der Waals surface area contributed by atoms with E-state index in [9.17, 15) is 8.42 Å². The van der Waals surface area contributed by atoms with Crippen molar-refractivity contribution in [1.29, 1.82) is 0 Å². The Hall–Kier alpha value is -1.18. The van der Waals surface area contributed by atoms with Gasteiger partial charge in [0.05, 0.1) is 6.26 Å². The van der Waals surface area contributed by atoms with Crippen molar-refractivity contribution in [3.63, 3.8) is 0 Å². The molecule has 0 spiro atoms. The molecule has 7 heteroatoms. The molecule has 0 atom stereocenters. The molecule has 0 aliphatic rings. The van der Waals surface area contributed by atoms with E-state index < -0.39 is 10.0 Å². The highest BCUT2D eigenvalue weighted by Gasteiger charge is 2.22. The fourth-order valence-electron chi connectivity index (χ4n) is 1.61. The summed E-state index contributed by atoms with van der Waals surface area (Å²) in [6.45, 7) is 2.06. The summed E-state index contributed by atoms with van der Waals surface area (Å²) in [4.78, 5) is 4.03. The number of furan rings is 1. The lowest BCUT2D eigenvalue weighted by molar-refractivity contribution is 0.458. The summed E-state index contributed by atoms with van der Waals surface area (Å²) in [7, 11) is -2.02. The van der Waals surface area contributed by atoms with Crippen LogP contribution in [-0.2, 0) is 16.6 Å². The maximum Gasteiger partial charge on any atom is 0.244 e. The lowest BCUT2D eigenvalue weighted by Crippen LogP contribution is -2.26. The zero-order chi connectivity index (χ0) is 14.0. The predicted molar refractivity (Wildman–Crippen MR) is 74.0 cm³/mol. The number of pyridine rings is 1. The van der Waals surface area contributed by atoms with Gasteiger partial charge in [-0.25, -0.2) is 8.42 Å². The van der Waals surface area contributed by atoms with Crippen LogP contribution in [0.25, 0.3) is 0 Å². The number of rotatable bonds is 4. The van der Waals surface area contributed by atoms with E-state index in [1.54, 1.807) is 25.5 Å². The first-order valence-corrected chi connectivity index (χ1v) is 7.74. The first-order valence-electron chi connectivity index (χ1n) is 5.51. The number of sulfonamides is 1. The molecule has 2 heterocycles. The van der Waals surface area contributed by atoms with Gasteiger partial charge >= 0.3 is 0 Å². The fourth-order valence-corrected chi connectivity index (χ4v) is 3.27. The van der Waals surface area contributed by atoms with Crippen LogP contribution in [0.15, 0.2) is 44.6 Å². The normalized spacial score (nSPS) is 12.0. The van der Waals surface area contributed by atoms with E-state index >= 15 is 0 Å². The van der Waals surface area contributed by atoms with E-state index in [0.29, 0.717) is 4.47 Å². The van der Waals surface area contributed by atoms with E-state index in [2.05, 4.69) is 20.9 Å². The van der Waals surface area contributed by atoms with Crippen LogP contribution in [0.3, 0.4) is 0 Å². The van der Waals surface area contributed by atoms with Gasteiger partial charge in [0.25, 0.3) is 0 Å². The summed E-state index contributed by atoms with van der Waals surface area (Å²) in [6, 6.07) is 3.29. The molecule has 2 rings (SSSR count). The average molecular weight is 345 g/mol. The molecule has 0 bridgehead atoms. The zero-order valence-corrected chi connectivity index (χ0v) is 12.9. The molecule has 2 aromatic heterocycles. The summed E-state index contributed by atoms with van der Waals surface area (Å²) in [6.07, 6.45) is 4.42. The van der Waals surface area contributed by atoms with Gasteiger partial charge in [0.1, 0.15) is 10.7 Å². The van der Waals surface area contributed by atoms with Crippen molar-refractivity contribution in [2.45, 2.75) is 18.4 Å². The molecule has 0 aromatic carbocycles. The summed E-state index contributed by atoms with van der Waals surface area (Å²) in [5, 5.41) is 0. The highest BCUT2D eigenvalue weighted by Crippen LogP contribution is 2.20. The Bertz CT molecular complexity index is 682. The van der Waals surface area contributed by atoms with E-state index in [0.717, 1.165) is 11.3 Å². The Balaban J connectivity index is 2.27. The topological polar surface area (TPSA) is 63.4 Å². The third-order valence-corrected chi connectivity index (χ3v) is 4.95. The van der Waals surface area contributed by atoms with Crippen molar-refractivity contribution in [1.82, 2.24) is 9.29 Å². The highest BCUT2D eigenvalue weighted by molar-refractivity contribution is 9.10. The Morgan fingerprint density at radius 2 is 2.16 bits per heavy atom. The van der Waals surface area contributed by atoms with Crippen LogP contribution < -0.4 is 0 Å². The molecule has 2 aromatic rings. The van der Waals surface area contributed by atoms with E-state index in [1.165, 1.54) is 23.6 Å². The minimum atomic E-state index is -3.56. The minimum absolute atomic E-state index is 0.158. The molecule has 0 N–H and O–H groups in total. The number of nitrogens with zero attached hydrogens (tertiary/aromatic N) is 2. The quantitative estimate of drug-likeness (QED) is 0.854. The monoisotopic (exact) mass is 344 g/mol. The number of hydrogen-bond donors (Lipinski definition) is 0. The lowest BCUT2D eigenvalue weighted by atomic mass is 10.3. The third-order valence-electron chi connectivity index (χ3n) is 2.75. The number of halogens is 1. The van der Waals surface area contributed by atoms with E-state index in [4.69, 9.17) is 4.42 Å². The maximum atomic E-state index is 12.4. The molecular formula is C12H13BrN2O3S. The molecule has 0 aliphatic heterocycles. The van der Waals surface area contributed by atoms with Crippen molar-refractivity contribution in [3.8, 4) is 0 Å². The standard InChI is InChI=1S/C12H13BrN2O3S/c1-9-10(3-4-18-9)8-15(2)19(16,17)12-5-11(13)6-14-7-12/h3-7H,8H2,1-2H3. The van der Waals surface area contributed by atoms with Gasteiger partial charge in [-0.05, 0) is 35.0 Å². The third kappa shape index (κ3) is 3.05. The molecule has 0 radical (unpaired) electrons. The van der Waals surface area contributed by atoms with Crippen LogP contribution >= 0.6 is 15.9 Å². The Morgan fingerprint density at radius 3 is 2.74 bits per heavy atom. The molecule has 0 unspecified atom stereocenters. The highest BCUT2D eigenvalue weighted by atomic mass is 79.9. The zero-order valence-electron chi connectivity index (χ0n) is 10.5. The fraction of sp³-hybridized carbons (Fsp3) is 0.250. The number of hydrogen-bond acceptors (Lipinski definition) is 4. The SMILES string of the molecule is Cc1occc1CN(C)S(=O)(=O)c1cncc(Br)c1. The smallest absolute Gasteiger partial charge is 0.244 e. The summed E-state index contributed by atoms with van der Waals surface area (Å²) >= 11 is 3.22. The van der Waals surface area contributed by atoms with Gasteiger partial charge in [-0.2, -0.15) is 4.31 Å². The second kappa shape index (κ2) is 5.44. The van der Waals surface area contributed by atoms with Crippen LogP contribution in [0.2, 0.25) is 0 Å². The molecule has 102 valence electrons. The van der Waals surface area contributed by atoms with Gasteiger partial charge in [0.15, 0.2) is 0 Å². The van der Waals surface area contributed by atoms with Crippen LogP contribution in [0.1, 0.15) is 11.3 Å². The van der Waals surface area contributed by atoms with Crippen molar-refractivity contribution in [3.05, 3.63) is 46.6 Å². The molecule has 0 fully saturated rings. The Kier molecular flexibility index (Phi) is 4.07. The predicted octanol–water partition coefficient (Wildman–Crippen LogP) is 2.57. The summed E-state index contributed by atoms with van der Waals surface area (Å²) < 4.78 is 31.8. The van der Waals surface area contributed by atoms with Gasteiger partial charge in [-0.3, -0.25) is 4.98 Å². The molecule has 19 heavy (non-hydrogen) atoms.